The number of aromatic nitrogens is 1. The molecule has 1 saturated heterocycles. The molecule has 2 N–H and O–H groups in total. The molecule has 1 aliphatic heterocycles. The summed E-state index contributed by atoms with van der Waals surface area (Å²) in [5, 5.41) is 0. The van der Waals surface area contributed by atoms with Gasteiger partial charge in [0, 0.05) is 13.1 Å². The summed E-state index contributed by atoms with van der Waals surface area (Å²) >= 11 is 0. The van der Waals surface area contributed by atoms with Crippen LogP contribution in [0.1, 0.15) is 18.5 Å². The Morgan fingerprint density at radius 1 is 1.64 bits per heavy atom. The molecule has 0 saturated carbocycles. The van der Waals surface area contributed by atoms with Crippen LogP contribution in [0.15, 0.2) is 17.1 Å². The molecule has 14 heavy (non-hydrogen) atoms. The molecule has 4 nitrogen and oxygen atoms in total. The van der Waals surface area contributed by atoms with Gasteiger partial charge in [-0.2, -0.15) is 0 Å². The second kappa shape index (κ2) is 4.57. The van der Waals surface area contributed by atoms with Crippen molar-refractivity contribution < 1.29 is 4.42 Å². The number of nitrogens with two attached hydrogens (primary N) is 1. The van der Waals surface area contributed by atoms with Crippen molar-refractivity contribution >= 4 is 0 Å². The van der Waals surface area contributed by atoms with Gasteiger partial charge in [-0.25, -0.2) is 4.98 Å². The zero-order chi connectivity index (χ0) is 9.80. The van der Waals surface area contributed by atoms with E-state index in [0.29, 0.717) is 5.92 Å². The Balaban J connectivity index is 1.86. The molecular formula is C10H17N3O. The minimum absolute atomic E-state index is 0.663. The van der Waals surface area contributed by atoms with E-state index in [2.05, 4.69) is 9.88 Å². The van der Waals surface area contributed by atoms with E-state index in [9.17, 15) is 0 Å². The fourth-order valence-electron chi connectivity index (χ4n) is 2.03. The number of nitrogens with zero attached hydrogens (tertiary/aromatic N) is 2. The summed E-state index contributed by atoms with van der Waals surface area (Å²) in [5.74, 6) is 0.663. The first-order chi connectivity index (χ1) is 6.88. The minimum atomic E-state index is 0.663. The van der Waals surface area contributed by atoms with Gasteiger partial charge in [-0.15, -0.1) is 0 Å². The van der Waals surface area contributed by atoms with Crippen molar-refractivity contribution in [1.29, 1.82) is 0 Å². The average Bonchev–Trinajstić information content (AvgIpc) is 2.71. The van der Waals surface area contributed by atoms with Gasteiger partial charge in [0.25, 0.3) is 0 Å². The summed E-state index contributed by atoms with van der Waals surface area (Å²) in [5.41, 5.74) is 6.69. The van der Waals surface area contributed by atoms with Crippen LogP contribution in [0.25, 0.3) is 0 Å². The molecule has 0 bridgehead atoms. The van der Waals surface area contributed by atoms with Crippen LogP contribution in [0.3, 0.4) is 0 Å². The number of oxazole rings is 1. The van der Waals surface area contributed by atoms with E-state index in [1.54, 1.807) is 6.26 Å². The minimum Gasteiger partial charge on any atom is -0.451 e. The maximum Gasteiger partial charge on any atom is 0.180 e. The van der Waals surface area contributed by atoms with Gasteiger partial charge in [0.15, 0.2) is 6.39 Å². The van der Waals surface area contributed by atoms with Gasteiger partial charge in [-0.3, -0.25) is 4.90 Å². The highest BCUT2D eigenvalue weighted by Crippen LogP contribution is 2.16. The molecule has 2 rings (SSSR count). The highest BCUT2D eigenvalue weighted by Gasteiger charge is 2.18. The van der Waals surface area contributed by atoms with Gasteiger partial charge in [-0.05, 0) is 31.8 Å². The molecule has 1 atom stereocenters. The monoisotopic (exact) mass is 195 g/mol. The van der Waals surface area contributed by atoms with Crippen molar-refractivity contribution in [2.24, 2.45) is 11.7 Å². The Morgan fingerprint density at radius 2 is 2.57 bits per heavy atom. The lowest BCUT2D eigenvalue weighted by Crippen LogP contribution is -2.37. The van der Waals surface area contributed by atoms with E-state index in [4.69, 9.17) is 10.2 Å². The fourth-order valence-corrected chi connectivity index (χ4v) is 2.03. The molecule has 1 unspecified atom stereocenters. The second-order valence-electron chi connectivity index (χ2n) is 3.96. The zero-order valence-corrected chi connectivity index (χ0v) is 8.35. The van der Waals surface area contributed by atoms with Crippen molar-refractivity contribution in [3.8, 4) is 0 Å². The Bertz CT molecular complexity index is 260. The van der Waals surface area contributed by atoms with Crippen LogP contribution in [0.4, 0.5) is 0 Å². The molecular weight excluding hydrogens is 178 g/mol. The number of likely N-dealkylation sites (tertiary alicyclic amines) is 1. The van der Waals surface area contributed by atoms with Gasteiger partial charge in [0.05, 0.1) is 5.69 Å². The van der Waals surface area contributed by atoms with Gasteiger partial charge in [-0.1, -0.05) is 0 Å². The van der Waals surface area contributed by atoms with E-state index in [0.717, 1.165) is 31.9 Å². The van der Waals surface area contributed by atoms with E-state index in [1.165, 1.54) is 19.2 Å². The van der Waals surface area contributed by atoms with Crippen molar-refractivity contribution in [3.05, 3.63) is 18.4 Å². The maximum absolute atomic E-state index is 5.68. The van der Waals surface area contributed by atoms with E-state index < -0.39 is 0 Å². The predicted molar refractivity (Wildman–Crippen MR) is 53.6 cm³/mol. The summed E-state index contributed by atoms with van der Waals surface area (Å²) in [4.78, 5) is 6.52. The lowest BCUT2D eigenvalue weighted by atomic mass is 9.98. The number of hydrogen-bond acceptors (Lipinski definition) is 4. The molecule has 2 heterocycles. The van der Waals surface area contributed by atoms with Crippen LogP contribution in [-0.4, -0.2) is 29.5 Å². The van der Waals surface area contributed by atoms with Crippen molar-refractivity contribution in [3.63, 3.8) is 0 Å². The third-order valence-corrected chi connectivity index (χ3v) is 2.81. The SMILES string of the molecule is NCC1CCCN(Cc2cocn2)C1. The summed E-state index contributed by atoms with van der Waals surface area (Å²) in [6.45, 7) is 3.95. The topological polar surface area (TPSA) is 55.3 Å². The van der Waals surface area contributed by atoms with Crippen molar-refractivity contribution in [2.45, 2.75) is 19.4 Å². The fraction of sp³-hybridized carbons (Fsp3) is 0.700. The van der Waals surface area contributed by atoms with Crippen LogP contribution in [0.2, 0.25) is 0 Å². The van der Waals surface area contributed by atoms with Crippen LogP contribution in [0, 0.1) is 5.92 Å². The molecule has 1 aromatic rings. The molecule has 0 amide bonds. The van der Waals surface area contributed by atoms with Crippen molar-refractivity contribution in [1.82, 2.24) is 9.88 Å². The van der Waals surface area contributed by atoms with Gasteiger partial charge >= 0.3 is 0 Å². The summed E-state index contributed by atoms with van der Waals surface area (Å²) in [6.07, 6.45) is 5.72. The molecule has 0 aliphatic carbocycles. The first-order valence-electron chi connectivity index (χ1n) is 5.18. The van der Waals surface area contributed by atoms with Gasteiger partial charge in [0.2, 0.25) is 0 Å². The first kappa shape index (κ1) is 9.68. The van der Waals surface area contributed by atoms with Crippen LogP contribution in [-0.2, 0) is 6.54 Å². The van der Waals surface area contributed by atoms with Crippen molar-refractivity contribution in [2.75, 3.05) is 19.6 Å². The molecule has 1 fully saturated rings. The lowest BCUT2D eigenvalue weighted by molar-refractivity contribution is 0.169. The third-order valence-electron chi connectivity index (χ3n) is 2.81. The van der Waals surface area contributed by atoms with Gasteiger partial charge in [0.1, 0.15) is 6.26 Å². The molecule has 0 spiro atoms. The molecule has 0 radical (unpaired) electrons. The Labute approximate surface area is 84.1 Å². The predicted octanol–water partition coefficient (Wildman–Crippen LogP) is 0.845. The number of piperidine rings is 1. The largest absolute Gasteiger partial charge is 0.451 e. The Kier molecular flexibility index (Phi) is 3.16. The normalized spacial score (nSPS) is 23.9. The molecule has 1 aliphatic rings. The third kappa shape index (κ3) is 2.33. The van der Waals surface area contributed by atoms with Gasteiger partial charge < -0.3 is 10.2 Å². The standard InChI is InChI=1S/C10H17N3O/c11-4-9-2-1-3-13(5-9)6-10-7-14-8-12-10/h7-9H,1-6,11H2. The maximum atomic E-state index is 5.68. The number of rotatable bonds is 3. The van der Waals surface area contributed by atoms with Crippen LogP contribution >= 0.6 is 0 Å². The Morgan fingerprint density at radius 3 is 3.29 bits per heavy atom. The molecule has 78 valence electrons. The summed E-state index contributed by atoms with van der Waals surface area (Å²) < 4.78 is 4.95. The van der Waals surface area contributed by atoms with Crippen LogP contribution < -0.4 is 5.73 Å². The van der Waals surface area contributed by atoms with E-state index in [-0.39, 0.29) is 0 Å². The summed E-state index contributed by atoms with van der Waals surface area (Å²) in [7, 11) is 0. The lowest BCUT2D eigenvalue weighted by Gasteiger charge is -2.31. The highest BCUT2D eigenvalue weighted by molar-refractivity contribution is 4.91. The van der Waals surface area contributed by atoms with Crippen LogP contribution in [0.5, 0.6) is 0 Å². The highest BCUT2D eigenvalue weighted by atomic mass is 16.3. The van der Waals surface area contributed by atoms with E-state index >= 15 is 0 Å². The van der Waals surface area contributed by atoms with E-state index in [1.807, 2.05) is 0 Å². The summed E-state index contributed by atoms with van der Waals surface area (Å²) in [6, 6.07) is 0. The zero-order valence-electron chi connectivity index (χ0n) is 8.35. The average molecular weight is 195 g/mol. The molecule has 4 heteroatoms. The molecule has 1 aromatic heterocycles. The number of hydrogen-bond donors (Lipinski definition) is 1. The first-order valence-corrected chi connectivity index (χ1v) is 5.18. The smallest absolute Gasteiger partial charge is 0.180 e. The quantitative estimate of drug-likeness (QED) is 0.776. The Hall–Kier alpha value is -0.870. The molecule has 0 aromatic carbocycles. The second-order valence-corrected chi connectivity index (χ2v) is 3.96.